The van der Waals surface area contributed by atoms with E-state index >= 15 is 0 Å². The van der Waals surface area contributed by atoms with Crippen LogP contribution >= 0.6 is 11.6 Å². The minimum atomic E-state index is -0.401. The number of carbonyl (C=O) groups is 2. The lowest BCUT2D eigenvalue weighted by atomic mass is 10.1. The number of nitrogens with zero attached hydrogens (tertiary/aromatic N) is 1. The maximum Gasteiger partial charge on any atom is 0.249 e. The van der Waals surface area contributed by atoms with Crippen molar-refractivity contribution in [2.75, 3.05) is 5.32 Å². The van der Waals surface area contributed by atoms with Crippen molar-refractivity contribution in [1.82, 2.24) is 10.3 Å². The first-order chi connectivity index (χ1) is 8.19. The van der Waals surface area contributed by atoms with Crippen molar-refractivity contribution < 1.29 is 9.59 Å². The van der Waals surface area contributed by atoms with Crippen molar-refractivity contribution in [2.24, 2.45) is 0 Å². The van der Waals surface area contributed by atoms with Gasteiger partial charge in [-0.1, -0.05) is 6.07 Å². The van der Waals surface area contributed by atoms with Crippen LogP contribution in [0.15, 0.2) is 18.3 Å². The Morgan fingerprint density at radius 3 is 2.88 bits per heavy atom. The first kappa shape index (κ1) is 11.9. The van der Waals surface area contributed by atoms with Gasteiger partial charge in [-0.05, 0) is 18.1 Å². The van der Waals surface area contributed by atoms with E-state index < -0.39 is 6.04 Å². The molecule has 1 aromatic rings. The molecule has 2 N–H and O–H groups in total. The van der Waals surface area contributed by atoms with E-state index in [-0.39, 0.29) is 11.8 Å². The zero-order chi connectivity index (χ0) is 12.3. The SMILES string of the molecule is O=C1CCC(Nc2ccc(CCl)cn2)C(=O)N1. The number of amides is 2. The molecule has 1 aromatic heterocycles. The van der Waals surface area contributed by atoms with E-state index in [4.69, 9.17) is 11.6 Å². The van der Waals surface area contributed by atoms with Crippen LogP contribution in [-0.4, -0.2) is 22.8 Å². The minimum Gasteiger partial charge on any atom is -0.358 e. The number of piperidine rings is 1. The Labute approximate surface area is 104 Å². The summed E-state index contributed by atoms with van der Waals surface area (Å²) in [5, 5.41) is 5.27. The molecule has 1 unspecified atom stereocenters. The summed E-state index contributed by atoms with van der Waals surface area (Å²) in [7, 11) is 0. The molecular weight excluding hydrogens is 242 g/mol. The molecule has 0 spiro atoms. The van der Waals surface area contributed by atoms with Gasteiger partial charge < -0.3 is 5.32 Å². The van der Waals surface area contributed by atoms with Crippen LogP contribution in [0.5, 0.6) is 0 Å². The zero-order valence-electron chi connectivity index (χ0n) is 9.07. The van der Waals surface area contributed by atoms with Crippen molar-refractivity contribution in [3.05, 3.63) is 23.9 Å². The van der Waals surface area contributed by atoms with Crippen molar-refractivity contribution in [3.8, 4) is 0 Å². The summed E-state index contributed by atoms with van der Waals surface area (Å²) in [4.78, 5) is 26.6. The molecule has 0 radical (unpaired) electrons. The molecule has 2 amide bonds. The van der Waals surface area contributed by atoms with Crippen molar-refractivity contribution in [3.63, 3.8) is 0 Å². The molecule has 1 aliphatic rings. The van der Waals surface area contributed by atoms with Crippen LogP contribution in [0.2, 0.25) is 0 Å². The van der Waals surface area contributed by atoms with Crippen LogP contribution < -0.4 is 10.6 Å². The Balaban J connectivity index is 2.00. The fourth-order valence-corrected chi connectivity index (χ4v) is 1.76. The Morgan fingerprint density at radius 1 is 1.47 bits per heavy atom. The first-order valence-electron chi connectivity index (χ1n) is 5.30. The van der Waals surface area contributed by atoms with Crippen LogP contribution in [-0.2, 0) is 15.5 Å². The van der Waals surface area contributed by atoms with E-state index in [0.717, 1.165) is 5.56 Å². The Morgan fingerprint density at radius 2 is 2.29 bits per heavy atom. The van der Waals surface area contributed by atoms with E-state index in [1.807, 2.05) is 6.07 Å². The topological polar surface area (TPSA) is 71.1 Å². The molecule has 0 aromatic carbocycles. The van der Waals surface area contributed by atoms with Crippen LogP contribution in [0.3, 0.4) is 0 Å². The fraction of sp³-hybridized carbons (Fsp3) is 0.364. The second-order valence-electron chi connectivity index (χ2n) is 3.83. The maximum atomic E-state index is 11.5. The molecule has 2 rings (SSSR count). The molecule has 1 saturated heterocycles. The van der Waals surface area contributed by atoms with Gasteiger partial charge in [0.1, 0.15) is 11.9 Å². The average molecular weight is 254 g/mol. The van der Waals surface area contributed by atoms with Gasteiger partial charge in [0.15, 0.2) is 0 Å². The average Bonchev–Trinajstić information content (AvgIpc) is 2.34. The normalized spacial score (nSPS) is 19.9. The lowest BCUT2D eigenvalue weighted by Crippen LogP contribution is -2.47. The van der Waals surface area contributed by atoms with Crippen LogP contribution in [0, 0.1) is 0 Å². The molecule has 0 bridgehead atoms. The Kier molecular flexibility index (Phi) is 3.58. The number of carbonyl (C=O) groups excluding carboxylic acids is 2. The largest absolute Gasteiger partial charge is 0.358 e. The lowest BCUT2D eigenvalue weighted by molar-refractivity contribution is -0.133. The molecule has 6 heteroatoms. The van der Waals surface area contributed by atoms with Gasteiger partial charge in [-0.25, -0.2) is 4.98 Å². The summed E-state index contributed by atoms with van der Waals surface area (Å²) in [5.74, 6) is 0.488. The Hall–Kier alpha value is -1.62. The number of nitrogens with one attached hydrogen (secondary N) is 2. The van der Waals surface area contributed by atoms with Gasteiger partial charge in [-0.3, -0.25) is 14.9 Å². The maximum absolute atomic E-state index is 11.5. The van der Waals surface area contributed by atoms with Gasteiger partial charge in [0.05, 0.1) is 0 Å². The molecule has 2 heterocycles. The fourth-order valence-electron chi connectivity index (χ4n) is 1.60. The van der Waals surface area contributed by atoms with Gasteiger partial charge >= 0.3 is 0 Å². The minimum absolute atomic E-state index is 0.224. The number of rotatable bonds is 3. The second-order valence-corrected chi connectivity index (χ2v) is 4.10. The lowest BCUT2D eigenvalue weighted by Gasteiger charge is -2.22. The second kappa shape index (κ2) is 5.14. The highest BCUT2D eigenvalue weighted by atomic mass is 35.5. The van der Waals surface area contributed by atoms with Crippen LogP contribution in [0.4, 0.5) is 5.82 Å². The smallest absolute Gasteiger partial charge is 0.249 e. The Bertz CT molecular complexity index is 433. The number of halogens is 1. The summed E-state index contributed by atoms with van der Waals surface area (Å²) < 4.78 is 0. The summed E-state index contributed by atoms with van der Waals surface area (Å²) in [5.41, 5.74) is 0.917. The molecule has 1 atom stereocenters. The van der Waals surface area contributed by atoms with Gasteiger partial charge in [0, 0.05) is 18.5 Å². The van der Waals surface area contributed by atoms with Crippen molar-refractivity contribution >= 4 is 29.2 Å². The highest BCUT2D eigenvalue weighted by molar-refractivity contribution is 6.17. The number of hydrogen-bond donors (Lipinski definition) is 2. The predicted octanol–water partition coefficient (Wildman–Crippen LogP) is 1.04. The number of pyridine rings is 1. The van der Waals surface area contributed by atoms with E-state index in [9.17, 15) is 9.59 Å². The summed E-state index contributed by atoms with van der Waals surface area (Å²) in [6.45, 7) is 0. The number of aromatic nitrogens is 1. The number of alkyl halides is 1. The number of hydrogen-bond acceptors (Lipinski definition) is 4. The van der Waals surface area contributed by atoms with Gasteiger partial charge in [-0.15, -0.1) is 11.6 Å². The molecule has 1 aliphatic heterocycles. The zero-order valence-corrected chi connectivity index (χ0v) is 9.83. The highest BCUT2D eigenvalue weighted by Gasteiger charge is 2.26. The van der Waals surface area contributed by atoms with E-state index in [1.165, 1.54) is 0 Å². The van der Waals surface area contributed by atoms with Gasteiger partial charge in [-0.2, -0.15) is 0 Å². The third-order valence-corrected chi connectivity index (χ3v) is 2.85. The molecular formula is C11H12ClN3O2. The molecule has 0 saturated carbocycles. The summed E-state index contributed by atoms with van der Waals surface area (Å²) in [6, 6.07) is 3.21. The number of anilines is 1. The van der Waals surface area contributed by atoms with Crippen LogP contribution in [0.1, 0.15) is 18.4 Å². The molecule has 5 nitrogen and oxygen atoms in total. The molecule has 90 valence electrons. The third kappa shape index (κ3) is 2.94. The van der Waals surface area contributed by atoms with Gasteiger partial charge in [0.25, 0.3) is 0 Å². The molecule has 17 heavy (non-hydrogen) atoms. The van der Waals surface area contributed by atoms with Crippen LogP contribution in [0.25, 0.3) is 0 Å². The van der Waals surface area contributed by atoms with E-state index in [2.05, 4.69) is 15.6 Å². The van der Waals surface area contributed by atoms with Crippen molar-refractivity contribution in [1.29, 1.82) is 0 Å². The molecule has 1 fully saturated rings. The van der Waals surface area contributed by atoms with Crippen molar-refractivity contribution in [2.45, 2.75) is 24.8 Å². The van der Waals surface area contributed by atoms with E-state index in [0.29, 0.717) is 24.5 Å². The summed E-state index contributed by atoms with van der Waals surface area (Å²) >= 11 is 5.65. The highest BCUT2D eigenvalue weighted by Crippen LogP contribution is 2.12. The molecule has 0 aliphatic carbocycles. The number of imide groups is 1. The van der Waals surface area contributed by atoms with E-state index in [1.54, 1.807) is 12.3 Å². The quantitative estimate of drug-likeness (QED) is 0.624. The first-order valence-corrected chi connectivity index (χ1v) is 5.83. The summed E-state index contributed by atoms with van der Waals surface area (Å²) in [6.07, 6.45) is 2.49. The monoisotopic (exact) mass is 253 g/mol. The predicted molar refractivity (Wildman–Crippen MR) is 63.6 cm³/mol. The van der Waals surface area contributed by atoms with Gasteiger partial charge in [0.2, 0.25) is 11.8 Å². The standard InChI is InChI=1S/C11H12ClN3O2/c12-5-7-1-3-9(13-6-7)14-8-2-4-10(16)15-11(8)17/h1,3,6,8H,2,4-5H2,(H,13,14)(H,15,16,17). The third-order valence-electron chi connectivity index (χ3n) is 2.54.